The first-order valence-electron chi connectivity index (χ1n) is 14.5. The van der Waals surface area contributed by atoms with Crippen LogP contribution in [-0.2, 0) is 25.7 Å². The fourth-order valence-corrected chi connectivity index (χ4v) is 5.74. The molecular formula is C31H34N6O7S. The molecule has 4 aromatic rings. The molecule has 1 aliphatic heterocycles. The van der Waals surface area contributed by atoms with Gasteiger partial charge in [-0.3, -0.25) is 14.8 Å². The number of aliphatic hydroxyl groups excluding tert-OH is 1. The monoisotopic (exact) mass is 634 g/mol. The number of aliphatic hydroxyl groups is 1. The molecule has 1 saturated heterocycles. The SMILES string of the molecule is O=C(CCCCC(=O)Nc1cccc([C@@H]2O[C@H](CSc3nnnn3-c3ccc(O)cc3)C[C@H](c3ccc(CO)cc3)O2)c1)NO. The number of benzene rings is 3. The van der Waals surface area contributed by atoms with Crippen LogP contribution in [0.1, 0.15) is 61.2 Å². The maximum atomic E-state index is 12.5. The maximum absolute atomic E-state index is 12.5. The second-order valence-corrected chi connectivity index (χ2v) is 11.5. The third-order valence-electron chi connectivity index (χ3n) is 7.17. The van der Waals surface area contributed by atoms with Gasteiger partial charge in [0.05, 0.1) is 24.5 Å². The van der Waals surface area contributed by atoms with Crippen LogP contribution in [0.25, 0.3) is 5.69 Å². The van der Waals surface area contributed by atoms with E-state index >= 15 is 0 Å². The third-order valence-corrected chi connectivity index (χ3v) is 8.22. The summed E-state index contributed by atoms with van der Waals surface area (Å²) in [6.45, 7) is -0.0525. The molecule has 3 atom stereocenters. The Hall–Kier alpha value is -4.34. The first kappa shape index (κ1) is 32.1. The van der Waals surface area contributed by atoms with Crippen LogP contribution >= 0.6 is 11.8 Å². The van der Waals surface area contributed by atoms with E-state index in [4.69, 9.17) is 14.7 Å². The van der Waals surface area contributed by atoms with Gasteiger partial charge in [0.1, 0.15) is 5.75 Å². The number of carbonyl (C=O) groups excluding carboxylic acids is 2. The number of carbonyl (C=O) groups is 2. The highest BCUT2D eigenvalue weighted by atomic mass is 32.2. The summed E-state index contributed by atoms with van der Waals surface area (Å²) in [7, 11) is 0. The number of unbranched alkanes of at least 4 members (excludes halogenated alkanes) is 1. The Kier molecular flexibility index (Phi) is 11.1. The minimum absolute atomic E-state index is 0.0525. The molecule has 0 bridgehead atoms. The van der Waals surface area contributed by atoms with Crippen LogP contribution in [0, 0.1) is 0 Å². The summed E-state index contributed by atoms with van der Waals surface area (Å²) in [6, 6.07) is 21.5. The molecule has 1 fully saturated rings. The standard InChI is InChI=1S/C31H34N6O7S/c38-18-20-8-10-21(11-9-20)27-17-26(19-45-31-33-35-36-37(31)24-12-14-25(39)15-13-24)43-30(44-27)22-4-3-5-23(16-22)32-28(40)6-1-2-7-29(41)34-42/h3-5,8-16,26-27,30,38-39,42H,1-2,6-7,17-19H2,(H,32,40)(H,34,41)/t26-,27+,30+/m0/s1. The topological polar surface area (TPSA) is 181 Å². The van der Waals surface area contributed by atoms with Crippen molar-refractivity contribution >= 4 is 29.3 Å². The molecule has 2 amide bonds. The number of phenolic OH excluding ortho intramolecular Hbond substituents is 1. The number of hydroxylamine groups is 1. The number of tetrazole rings is 1. The third kappa shape index (κ3) is 8.86. The van der Waals surface area contributed by atoms with Crippen LogP contribution in [0.15, 0.2) is 78.0 Å². The van der Waals surface area contributed by atoms with Crippen LogP contribution in [-0.4, -0.2) is 59.3 Å². The average Bonchev–Trinajstić information content (AvgIpc) is 3.54. The first-order chi connectivity index (χ1) is 21.9. The Bertz CT molecular complexity index is 1570. The van der Waals surface area contributed by atoms with Crippen molar-refractivity contribution in [3.8, 4) is 11.4 Å². The Morgan fingerprint density at radius 3 is 2.44 bits per heavy atom. The van der Waals surface area contributed by atoms with Crippen molar-refractivity contribution < 1.29 is 34.5 Å². The van der Waals surface area contributed by atoms with E-state index in [0.717, 1.165) is 16.7 Å². The quantitative estimate of drug-likeness (QED) is 0.0615. The Morgan fingerprint density at radius 1 is 0.956 bits per heavy atom. The van der Waals surface area contributed by atoms with Crippen LogP contribution in [0.3, 0.4) is 0 Å². The number of aromatic nitrogens is 4. The summed E-state index contributed by atoms with van der Waals surface area (Å²) in [4.78, 5) is 23.7. The van der Waals surface area contributed by atoms with Gasteiger partial charge in [-0.15, -0.1) is 5.10 Å². The average molecular weight is 635 g/mol. The van der Waals surface area contributed by atoms with E-state index in [1.165, 1.54) is 11.8 Å². The van der Waals surface area contributed by atoms with Crippen molar-refractivity contribution in [1.29, 1.82) is 0 Å². The highest BCUT2D eigenvalue weighted by Gasteiger charge is 2.33. The predicted molar refractivity (Wildman–Crippen MR) is 163 cm³/mol. The lowest BCUT2D eigenvalue weighted by atomic mass is 10.0. The summed E-state index contributed by atoms with van der Waals surface area (Å²) < 4.78 is 14.5. The molecule has 5 N–H and O–H groups in total. The molecule has 0 saturated carbocycles. The van der Waals surface area contributed by atoms with Gasteiger partial charge in [0, 0.05) is 36.3 Å². The molecule has 14 heteroatoms. The smallest absolute Gasteiger partial charge is 0.243 e. The number of ether oxygens (including phenoxy) is 2. The summed E-state index contributed by atoms with van der Waals surface area (Å²) in [5.74, 6) is -0.00158. The molecule has 13 nitrogen and oxygen atoms in total. The van der Waals surface area contributed by atoms with Crippen molar-refractivity contribution in [3.63, 3.8) is 0 Å². The minimum atomic E-state index is -0.728. The Balaban J connectivity index is 1.28. The van der Waals surface area contributed by atoms with Crippen LogP contribution in [0.5, 0.6) is 5.75 Å². The van der Waals surface area contributed by atoms with Crippen molar-refractivity contribution in [2.75, 3.05) is 11.1 Å². The zero-order valence-corrected chi connectivity index (χ0v) is 25.1. The zero-order chi connectivity index (χ0) is 31.6. The summed E-state index contributed by atoms with van der Waals surface area (Å²) >= 11 is 1.44. The van der Waals surface area contributed by atoms with E-state index < -0.39 is 12.2 Å². The number of hydrogen-bond acceptors (Lipinski definition) is 11. The minimum Gasteiger partial charge on any atom is -0.508 e. The van der Waals surface area contributed by atoms with Crippen LogP contribution in [0.4, 0.5) is 5.69 Å². The molecule has 0 radical (unpaired) electrons. The molecule has 0 aliphatic carbocycles. The highest BCUT2D eigenvalue weighted by molar-refractivity contribution is 7.99. The van der Waals surface area contributed by atoms with E-state index in [9.17, 15) is 19.8 Å². The summed E-state index contributed by atoms with van der Waals surface area (Å²) in [5.41, 5.74) is 5.36. The fourth-order valence-electron chi connectivity index (χ4n) is 4.83. The fraction of sp³-hybridized carbons (Fsp3) is 0.323. The second-order valence-electron chi connectivity index (χ2n) is 10.5. The lowest BCUT2D eigenvalue weighted by Gasteiger charge is -2.36. The van der Waals surface area contributed by atoms with Gasteiger partial charge < -0.3 is 25.0 Å². The van der Waals surface area contributed by atoms with Gasteiger partial charge in [0.25, 0.3) is 0 Å². The number of phenols is 1. The number of nitrogens with one attached hydrogen (secondary N) is 2. The maximum Gasteiger partial charge on any atom is 0.243 e. The number of hydrogen-bond donors (Lipinski definition) is 5. The summed E-state index contributed by atoms with van der Waals surface area (Å²) in [6.07, 6.45) is 0.631. The Morgan fingerprint density at radius 2 is 1.71 bits per heavy atom. The van der Waals surface area contributed by atoms with Gasteiger partial charge in [-0.05, 0) is 70.8 Å². The molecule has 2 heterocycles. The molecule has 45 heavy (non-hydrogen) atoms. The molecule has 1 aliphatic rings. The number of aromatic hydroxyl groups is 1. The number of nitrogens with zero attached hydrogens (tertiary/aromatic N) is 4. The highest BCUT2D eigenvalue weighted by Crippen LogP contribution is 2.40. The molecule has 0 unspecified atom stereocenters. The Labute approximate surface area is 263 Å². The van der Waals surface area contributed by atoms with Gasteiger partial charge in [0.15, 0.2) is 6.29 Å². The van der Waals surface area contributed by atoms with Crippen LogP contribution in [0.2, 0.25) is 0 Å². The molecule has 5 rings (SSSR count). The molecular weight excluding hydrogens is 600 g/mol. The molecule has 1 aromatic heterocycles. The van der Waals surface area contributed by atoms with Crippen molar-refractivity contribution in [1.82, 2.24) is 25.7 Å². The van der Waals surface area contributed by atoms with E-state index in [1.807, 2.05) is 42.5 Å². The van der Waals surface area contributed by atoms with Gasteiger partial charge in [-0.1, -0.05) is 48.2 Å². The van der Waals surface area contributed by atoms with Gasteiger partial charge in [-0.25, -0.2) is 5.48 Å². The number of anilines is 1. The lowest BCUT2D eigenvalue weighted by Crippen LogP contribution is -2.31. The van der Waals surface area contributed by atoms with Crippen LogP contribution < -0.4 is 10.8 Å². The lowest BCUT2D eigenvalue weighted by molar-refractivity contribution is -0.245. The van der Waals surface area contributed by atoms with Gasteiger partial charge in [-0.2, -0.15) is 4.68 Å². The first-order valence-corrected chi connectivity index (χ1v) is 15.4. The molecule has 0 spiro atoms. The van der Waals surface area contributed by atoms with Gasteiger partial charge in [0.2, 0.25) is 17.0 Å². The second kappa shape index (κ2) is 15.6. The van der Waals surface area contributed by atoms with E-state index in [-0.39, 0.29) is 43.3 Å². The zero-order valence-electron chi connectivity index (χ0n) is 24.3. The van der Waals surface area contributed by atoms with Gasteiger partial charge >= 0.3 is 0 Å². The van der Waals surface area contributed by atoms with Crippen molar-refractivity contribution in [2.45, 2.75) is 62.4 Å². The van der Waals surface area contributed by atoms with E-state index in [1.54, 1.807) is 40.5 Å². The predicted octanol–water partition coefficient (Wildman–Crippen LogP) is 4.20. The largest absolute Gasteiger partial charge is 0.508 e. The number of thioether (sulfide) groups is 1. The summed E-state index contributed by atoms with van der Waals surface area (Å²) in [5, 5.41) is 43.3. The molecule has 3 aromatic carbocycles. The molecule has 236 valence electrons. The van der Waals surface area contributed by atoms with Crippen molar-refractivity contribution in [2.24, 2.45) is 0 Å². The number of amides is 2. The van der Waals surface area contributed by atoms with E-state index in [2.05, 4.69) is 20.8 Å². The van der Waals surface area contributed by atoms with E-state index in [0.29, 0.717) is 41.5 Å². The van der Waals surface area contributed by atoms with Crippen molar-refractivity contribution in [3.05, 3.63) is 89.5 Å². The number of rotatable bonds is 13. The normalized spacial score (nSPS) is 18.0.